The van der Waals surface area contributed by atoms with Crippen LogP contribution in [0.4, 0.5) is 0 Å². The Bertz CT molecular complexity index is 402. The van der Waals surface area contributed by atoms with Gasteiger partial charge in [0.05, 0.1) is 12.3 Å². The highest BCUT2D eigenvalue weighted by Crippen LogP contribution is 2.26. The van der Waals surface area contributed by atoms with Crippen LogP contribution < -0.4 is 5.73 Å². The fourth-order valence-corrected chi connectivity index (χ4v) is 2.55. The number of piperidine rings is 1. The van der Waals surface area contributed by atoms with Crippen molar-refractivity contribution in [3.63, 3.8) is 0 Å². The summed E-state index contributed by atoms with van der Waals surface area (Å²) in [6, 6.07) is 0. The molecule has 1 saturated heterocycles. The number of amides is 1. The maximum Gasteiger partial charge on any atom is 0.231 e. The van der Waals surface area contributed by atoms with Crippen molar-refractivity contribution >= 4 is 17.7 Å². The van der Waals surface area contributed by atoms with Gasteiger partial charge in [0.2, 0.25) is 11.8 Å². The molecule has 0 radical (unpaired) electrons. The maximum absolute atomic E-state index is 10.8. The molecule has 1 aliphatic rings. The molecular formula is C11H18N4O2S. The van der Waals surface area contributed by atoms with E-state index in [-0.39, 0.29) is 5.91 Å². The summed E-state index contributed by atoms with van der Waals surface area (Å²) in [7, 11) is 0. The second kappa shape index (κ2) is 6.19. The predicted molar refractivity (Wildman–Crippen MR) is 69.1 cm³/mol. The minimum atomic E-state index is -0.270. The number of carbonyl (C=O) groups is 1. The number of rotatable bonds is 5. The molecule has 0 saturated carbocycles. The summed E-state index contributed by atoms with van der Waals surface area (Å²) >= 11 is 1.68. The van der Waals surface area contributed by atoms with Gasteiger partial charge in [0.15, 0.2) is 5.82 Å². The van der Waals surface area contributed by atoms with Gasteiger partial charge in [0, 0.05) is 5.92 Å². The Kier molecular flexibility index (Phi) is 4.60. The molecular weight excluding hydrogens is 252 g/mol. The van der Waals surface area contributed by atoms with Gasteiger partial charge in [0.1, 0.15) is 0 Å². The zero-order valence-electron chi connectivity index (χ0n) is 10.5. The van der Waals surface area contributed by atoms with Crippen LogP contribution in [0.5, 0.6) is 0 Å². The largest absolute Gasteiger partial charge is 0.369 e. The molecule has 100 valence electrons. The zero-order valence-corrected chi connectivity index (χ0v) is 11.3. The second-order valence-corrected chi connectivity index (χ2v) is 5.36. The van der Waals surface area contributed by atoms with E-state index in [0.29, 0.717) is 12.5 Å². The normalized spacial score (nSPS) is 18.1. The number of hydrogen-bond acceptors (Lipinski definition) is 6. The van der Waals surface area contributed by atoms with Gasteiger partial charge < -0.3 is 10.3 Å². The molecule has 18 heavy (non-hydrogen) atoms. The lowest BCUT2D eigenvalue weighted by Gasteiger charge is -2.29. The summed E-state index contributed by atoms with van der Waals surface area (Å²) in [6.45, 7) is 2.05. The number of primary amides is 1. The van der Waals surface area contributed by atoms with Crippen molar-refractivity contribution in [1.29, 1.82) is 0 Å². The molecule has 0 bridgehead atoms. The summed E-state index contributed by atoms with van der Waals surface area (Å²) in [5.41, 5.74) is 5.18. The topological polar surface area (TPSA) is 85.3 Å². The fraction of sp³-hybridized carbons (Fsp3) is 0.727. The van der Waals surface area contributed by atoms with E-state index in [2.05, 4.69) is 15.0 Å². The number of carbonyl (C=O) groups excluding carboxylic acids is 1. The van der Waals surface area contributed by atoms with Crippen LogP contribution in [-0.4, -0.2) is 46.8 Å². The third-order valence-corrected chi connectivity index (χ3v) is 3.62. The molecule has 1 aromatic rings. The van der Waals surface area contributed by atoms with Crippen molar-refractivity contribution in [1.82, 2.24) is 15.0 Å². The monoisotopic (exact) mass is 270 g/mol. The molecule has 2 heterocycles. The molecule has 1 amide bonds. The van der Waals surface area contributed by atoms with E-state index in [1.54, 1.807) is 11.8 Å². The van der Waals surface area contributed by atoms with E-state index in [9.17, 15) is 4.79 Å². The van der Waals surface area contributed by atoms with Crippen LogP contribution in [-0.2, 0) is 10.5 Å². The van der Waals surface area contributed by atoms with Crippen LogP contribution in [0.2, 0.25) is 0 Å². The Balaban J connectivity index is 1.86. The summed E-state index contributed by atoms with van der Waals surface area (Å²) in [5, 5.41) is 3.95. The van der Waals surface area contributed by atoms with Crippen molar-refractivity contribution in [3.05, 3.63) is 11.7 Å². The first kappa shape index (κ1) is 13.4. The minimum absolute atomic E-state index is 0.270. The molecule has 2 N–H and O–H groups in total. The molecule has 0 unspecified atom stereocenters. The first-order chi connectivity index (χ1) is 8.69. The lowest BCUT2D eigenvalue weighted by atomic mass is 9.97. The molecule has 7 heteroatoms. The number of nitrogens with zero attached hydrogens (tertiary/aromatic N) is 3. The van der Waals surface area contributed by atoms with Gasteiger partial charge in [-0.1, -0.05) is 5.16 Å². The summed E-state index contributed by atoms with van der Waals surface area (Å²) in [5.74, 6) is 2.32. The molecule has 0 aliphatic carbocycles. The Morgan fingerprint density at radius 2 is 2.28 bits per heavy atom. The highest BCUT2D eigenvalue weighted by atomic mass is 32.2. The predicted octanol–water partition coefficient (Wildman–Crippen LogP) is 0.597. The molecule has 0 atom stereocenters. The van der Waals surface area contributed by atoms with E-state index in [0.717, 1.165) is 43.4 Å². The van der Waals surface area contributed by atoms with Crippen molar-refractivity contribution in [2.24, 2.45) is 5.73 Å². The van der Waals surface area contributed by atoms with Gasteiger partial charge in [0.25, 0.3) is 0 Å². The molecule has 1 aromatic heterocycles. The van der Waals surface area contributed by atoms with Crippen molar-refractivity contribution in [2.45, 2.75) is 24.5 Å². The van der Waals surface area contributed by atoms with Gasteiger partial charge in [-0.15, -0.1) is 0 Å². The molecule has 1 aliphatic heterocycles. The summed E-state index contributed by atoms with van der Waals surface area (Å²) in [4.78, 5) is 17.3. The SMILES string of the molecule is CSCc1noc(C2CCN(CC(N)=O)CC2)n1. The van der Waals surface area contributed by atoms with Crippen molar-refractivity contribution in [2.75, 3.05) is 25.9 Å². The van der Waals surface area contributed by atoms with Crippen LogP contribution in [0, 0.1) is 0 Å². The third-order valence-electron chi connectivity index (χ3n) is 3.07. The molecule has 1 fully saturated rings. The van der Waals surface area contributed by atoms with Crippen LogP contribution in [0.15, 0.2) is 4.52 Å². The Labute approximate surface area is 110 Å². The smallest absolute Gasteiger partial charge is 0.231 e. The molecule has 2 rings (SSSR count). The van der Waals surface area contributed by atoms with Gasteiger partial charge in [-0.3, -0.25) is 9.69 Å². The Hall–Kier alpha value is -1.08. The minimum Gasteiger partial charge on any atom is -0.369 e. The fourth-order valence-electron chi connectivity index (χ4n) is 2.18. The molecule has 6 nitrogen and oxygen atoms in total. The van der Waals surface area contributed by atoms with Crippen LogP contribution >= 0.6 is 11.8 Å². The second-order valence-electron chi connectivity index (χ2n) is 4.50. The average Bonchev–Trinajstić information content (AvgIpc) is 2.78. The first-order valence-corrected chi connectivity index (χ1v) is 7.40. The maximum atomic E-state index is 10.8. The first-order valence-electron chi connectivity index (χ1n) is 6.01. The Morgan fingerprint density at radius 1 is 1.56 bits per heavy atom. The zero-order chi connectivity index (χ0) is 13.0. The van der Waals surface area contributed by atoms with Crippen molar-refractivity contribution in [3.8, 4) is 0 Å². The molecule has 0 aromatic carbocycles. The standard InChI is InChI=1S/C11H18N4O2S/c1-18-7-10-13-11(17-14-10)8-2-4-15(5-3-8)6-9(12)16/h8H,2-7H2,1H3,(H2,12,16). The number of aromatic nitrogens is 2. The quantitative estimate of drug-likeness (QED) is 0.843. The van der Waals surface area contributed by atoms with Gasteiger partial charge in [-0.25, -0.2) is 0 Å². The third kappa shape index (κ3) is 3.46. The van der Waals surface area contributed by atoms with Gasteiger partial charge in [-0.05, 0) is 32.2 Å². The van der Waals surface area contributed by atoms with Crippen molar-refractivity contribution < 1.29 is 9.32 Å². The van der Waals surface area contributed by atoms with E-state index in [1.165, 1.54) is 0 Å². The summed E-state index contributed by atoms with van der Waals surface area (Å²) < 4.78 is 5.29. The van der Waals surface area contributed by atoms with E-state index >= 15 is 0 Å². The highest BCUT2D eigenvalue weighted by Gasteiger charge is 2.25. The molecule has 0 spiro atoms. The van der Waals surface area contributed by atoms with Gasteiger partial charge in [-0.2, -0.15) is 16.7 Å². The van der Waals surface area contributed by atoms with Crippen LogP contribution in [0.1, 0.15) is 30.5 Å². The number of thioether (sulfide) groups is 1. The van der Waals surface area contributed by atoms with E-state index < -0.39 is 0 Å². The van der Waals surface area contributed by atoms with Crippen LogP contribution in [0.3, 0.4) is 0 Å². The lowest BCUT2D eigenvalue weighted by molar-refractivity contribution is -0.119. The number of hydrogen-bond donors (Lipinski definition) is 1. The average molecular weight is 270 g/mol. The summed E-state index contributed by atoms with van der Waals surface area (Å²) in [6.07, 6.45) is 3.89. The van der Waals surface area contributed by atoms with Crippen LogP contribution in [0.25, 0.3) is 0 Å². The Morgan fingerprint density at radius 3 is 2.89 bits per heavy atom. The lowest BCUT2D eigenvalue weighted by Crippen LogP contribution is -2.39. The van der Waals surface area contributed by atoms with E-state index in [1.807, 2.05) is 6.26 Å². The highest BCUT2D eigenvalue weighted by molar-refractivity contribution is 7.97. The van der Waals surface area contributed by atoms with Gasteiger partial charge >= 0.3 is 0 Å². The van der Waals surface area contributed by atoms with E-state index in [4.69, 9.17) is 10.3 Å². The number of nitrogens with two attached hydrogens (primary N) is 1. The number of likely N-dealkylation sites (tertiary alicyclic amines) is 1.